The first-order chi connectivity index (χ1) is 8.13. The summed E-state index contributed by atoms with van der Waals surface area (Å²) < 4.78 is 0. The molecule has 1 aliphatic rings. The number of likely N-dealkylation sites (N-methyl/N-ethyl adjacent to an activating group) is 1. The Morgan fingerprint density at radius 3 is 2.71 bits per heavy atom. The van der Waals surface area contributed by atoms with Crippen molar-refractivity contribution in [2.75, 3.05) is 33.3 Å². The Morgan fingerprint density at radius 2 is 2.12 bits per heavy atom. The molecule has 0 aromatic heterocycles. The molecule has 0 radical (unpaired) electrons. The van der Waals surface area contributed by atoms with Crippen molar-refractivity contribution in [3.63, 3.8) is 0 Å². The zero-order valence-electron chi connectivity index (χ0n) is 11.8. The van der Waals surface area contributed by atoms with Gasteiger partial charge in [-0.2, -0.15) is 0 Å². The third kappa shape index (κ3) is 4.94. The van der Waals surface area contributed by atoms with Crippen molar-refractivity contribution in [3.05, 3.63) is 0 Å². The van der Waals surface area contributed by atoms with E-state index in [2.05, 4.69) is 24.1 Å². The second-order valence-electron chi connectivity index (χ2n) is 5.77. The Hall–Kier alpha value is -0.120. The standard InChI is InChI=1S/C14H30N2O/c1-4-13-6-5-9-16(10-7-13)11-8-14(2,12-17)15-3/h13,15,17H,4-12H2,1-3H3. The van der Waals surface area contributed by atoms with Gasteiger partial charge in [0.25, 0.3) is 0 Å². The summed E-state index contributed by atoms with van der Waals surface area (Å²) in [5.74, 6) is 0.938. The molecule has 102 valence electrons. The molecule has 1 heterocycles. The average Bonchev–Trinajstić information content (AvgIpc) is 2.61. The second-order valence-corrected chi connectivity index (χ2v) is 5.77. The third-order valence-corrected chi connectivity index (χ3v) is 4.45. The Balaban J connectivity index is 2.32. The maximum Gasteiger partial charge on any atom is 0.0610 e. The molecule has 1 rings (SSSR count). The molecule has 3 heteroatoms. The highest BCUT2D eigenvalue weighted by molar-refractivity contribution is 4.82. The van der Waals surface area contributed by atoms with E-state index in [1.807, 2.05) is 7.05 Å². The molecule has 1 aliphatic heterocycles. The van der Waals surface area contributed by atoms with Crippen LogP contribution in [0, 0.1) is 5.92 Å². The number of aliphatic hydroxyl groups excluding tert-OH is 1. The molecule has 0 aliphatic carbocycles. The molecule has 1 saturated heterocycles. The maximum atomic E-state index is 9.37. The molecular formula is C14H30N2O. The molecule has 0 aromatic carbocycles. The Morgan fingerprint density at radius 1 is 1.35 bits per heavy atom. The van der Waals surface area contributed by atoms with Crippen LogP contribution in [0.4, 0.5) is 0 Å². The largest absolute Gasteiger partial charge is 0.394 e. The number of nitrogens with zero attached hydrogens (tertiary/aromatic N) is 1. The molecule has 2 N–H and O–H groups in total. The SMILES string of the molecule is CCC1CCCN(CCC(C)(CO)NC)CC1. The summed E-state index contributed by atoms with van der Waals surface area (Å²) in [5.41, 5.74) is -0.115. The van der Waals surface area contributed by atoms with Gasteiger partial charge in [0.15, 0.2) is 0 Å². The summed E-state index contributed by atoms with van der Waals surface area (Å²) >= 11 is 0. The lowest BCUT2D eigenvalue weighted by Gasteiger charge is -2.30. The van der Waals surface area contributed by atoms with E-state index in [1.54, 1.807) is 0 Å². The predicted octanol–water partition coefficient (Wildman–Crippen LogP) is 1.86. The topological polar surface area (TPSA) is 35.5 Å². The Kier molecular flexibility index (Phi) is 6.45. The number of rotatable bonds is 6. The van der Waals surface area contributed by atoms with E-state index in [-0.39, 0.29) is 12.1 Å². The predicted molar refractivity (Wildman–Crippen MR) is 73.2 cm³/mol. The van der Waals surface area contributed by atoms with Gasteiger partial charge >= 0.3 is 0 Å². The fourth-order valence-electron chi connectivity index (χ4n) is 2.54. The van der Waals surface area contributed by atoms with Crippen LogP contribution in [0.2, 0.25) is 0 Å². The monoisotopic (exact) mass is 242 g/mol. The van der Waals surface area contributed by atoms with E-state index in [1.165, 1.54) is 38.8 Å². The van der Waals surface area contributed by atoms with Crippen LogP contribution >= 0.6 is 0 Å². The van der Waals surface area contributed by atoms with E-state index in [0.29, 0.717) is 0 Å². The van der Waals surface area contributed by atoms with Gasteiger partial charge in [0.1, 0.15) is 0 Å². The smallest absolute Gasteiger partial charge is 0.0610 e. The first-order valence-electron chi connectivity index (χ1n) is 7.15. The number of hydrogen-bond acceptors (Lipinski definition) is 3. The first kappa shape index (κ1) is 14.9. The molecule has 0 bridgehead atoms. The number of aliphatic hydroxyl groups is 1. The molecule has 0 aromatic rings. The lowest BCUT2D eigenvalue weighted by atomic mass is 9.98. The van der Waals surface area contributed by atoms with E-state index in [4.69, 9.17) is 0 Å². The molecule has 2 unspecified atom stereocenters. The van der Waals surface area contributed by atoms with Crippen LogP contribution in [0.1, 0.15) is 46.0 Å². The Bertz CT molecular complexity index is 204. The molecule has 0 saturated carbocycles. The highest BCUT2D eigenvalue weighted by Crippen LogP contribution is 2.21. The minimum Gasteiger partial charge on any atom is -0.394 e. The maximum absolute atomic E-state index is 9.37. The fraction of sp³-hybridized carbons (Fsp3) is 1.00. The molecule has 0 spiro atoms. The quantitative estimate of drug-likeness (QED) is 0.746. The summed E-state index contributed by atoms with van der Waals surface area (Å²) in [6, 6.07) is 0. The van der Waals surface area contributed by atoms with Crippen molar-refractivity contribution >= 4 is 0 Å². The summed E-state index contributed by atoms with van der Waals surface area (Å²) in [6.45, 7) is 8.21. The van der Waals surface area contributed by atoms with Crippen molar-refractivity contribution in [1.82, 2.24) is 10.2 Å². The van der Waals surface area contributed by atoms with Crippen LogP contribution in [-0.2, 0) is 0 Å². The van der Waals surface area contributed by atoms with Gasteiger partial charge in [-0.15, -0.1) is 0 Å². The Labute approximate surface area is 107 Å². The van der Waals surface area contributed by atoms with Crippen molar-refractivity contribution in [2.24, 2.45) is 5.92 Å². The van der Waals surface area contributed by atoms with Crippen molar-refractivity contribution in [1.29, 1.82) is 0 Å². The minimum absolute atomic E-state index is 0.115. The van der Waals surface area contributed by atoms with Gasteiger partial charge < -0.3 is 15.3 Å². The van der Waals surface area contributed by atoms with Crippen LogP contribution in [0.25, 0.3) is 0 Å². The van der Waals surface area contributed by atoms with Crippen molar-refractivity contribution in [3.8, 4) is 0 Å². The molecule has 0 amide bonds. The first-order valence-corrected chi connectivity index (χ1v) is 7.15. The average molecular weight is 242 g/mol. The van der Waals surface area contributed by atoms with E-state index in [9.17, 15) is 5.11 Å². The van der Waals surface area contributed by atoms with E-state index < -0.39 is 0 Å². The molecule has 17 heavy (non-hydrogen) atoms. The number of likely N-dealkylation sites (tertiary alicyclic amines) is 1. The molecular weight excluding hydrogens is 212 g/mol. The van der Waals surface area contributed by atoms with E-state index >= 15 is 0 Å². The minimum atomic E-state index is -0.115. The van der Waals surface area contributed by atoms with Crippen LogP contribution in [-0.4, -0.2) is 48.8 Å². The fourth-order valence-corrected chi connectivity index (χ4v) is 2.54. The summed E-state index contributed by atoms with van der Waals surface area (Å²) in [7, 11) is 1.94. The number of nitrogens with one attached hydrogen (secondary N) is 1. The normalized spacial score (nSPS) is 26.5. The van der Waals surface area contributed by atoms with Gasteiger partial charge in [-0.3, -0.25) is 0 Å². The van der Waals surface area contributed by atoms with Gasteiger partial charge in [0.2, 0.25) is 0 Å². The highest BCUT2D eigenvalue weighted by atomic mass is 16.3. The third-order valence-electron chi connectivity index (χ3n) is 4.45. The summed E-state index contributed by atoms with van der Waals surface area (Å²) in [5, 5.41) is 12.6. The highest BCUT2D eigenvalue weighted by Gasteiger charge is 2.22. The summed E-state index contributed by atoms with van der Waals surface area (Å²) in [4.78, 5) is 2.57. The molecule has 1 fully saturated rings. The van der Waals surface area contributed by atoms with Crippen molar-refractivity contribution in [2.45, 2.75) is 51.5 Å². The van der Waals surface area contributed by atoms with Crippen molar-refractivity contribution < 1.29 is 5.11 Å². The van der Waals surface area contributed by atoms with E-state index in [0.717, 1.165) is 18.9 Å². The molecule has 2 atom stereocenters. The zero-order valence-corrected chi connectivity index (χ0v) is 11.8. The van der Waals surface area contributed by atoms with Crippen LogP contribution in [0.15, 0.2) is 0 Å². The number of hydrogen-bond donors (Lipinski definition) is 2. The summed E-state index contributed by atoms with van der Waals surface area (Å²) in [6.07, 6.45) is 6.45. The van der Waals surface area contributed by atoms with Gasteiger partial charge in [-0.25, -0.2) is 0 Å². The lowest BCUT2D eigenvalue weighted by Crippen LogP contribution is -2.46. The lowest BCUT2D eigenvalue weighted by molar-refractivity contribution is 0.152. The van der Waals surface area contributed by atoms with Gasteiger partial charge in [-0.1, -0.05) is 13.3 Å². The van der Waals surface area contributed by atoms with Gasteiger partial charge in [-0.05, 0) is 65.2 Å². The van der Waals surface area contributed by atoms with Crippen LogP contribution in [0.5, 0.6) is 0 Å². The second kappa shape index (κ2) is 7.34. The molecule has 3 nitrogen and oxygen atoms in total. The van der Waals surface area contributed by atoms with Gasteiger partial charge in [0, 0.05) is 5.54 Å². The zero-order chi connectivity index (χ0) is 12.7. The van der Waals surface area contributed by atoms with Gasteiger partial charge in [0.05, 0.1) is 6.61 Å². The van der Waals surface area contributed by atoms with Crippen LogP contribution in [0.3, 0.4) is 0 Å². The van der Waals surface area contributed by atoms with Crippen LogP contribution < -0.4 is 5.32 Å².